The van der Waals surface area contributed by atoms with Crippen LogP contribution < -0.4 is 0 Å². The Morgan fingerprint density at radius 1 is 1.47 bits per heavy atom. The molecule has 1 rings (SSSR count). The summed E-state index contributed by atoms with van der Waals surface area (Å²) in [6.45, 7) is 1.80. The zero-order valence-electron chi connectivity index (χ0n) is 10.4. The van der Waals surface area contributed by atoms with Gasteiger partial charge in [-0.1, -0.05) is 6.07 Å². The molecule has 0 bridgehead atoms. The number of esters is 1. The molecule has 2 unspecified atom stereocenters. The van der Waals surface area contributed by atoms with E-state index in [9.17, 15) is 24.2 Å². The number of aliphatic hydroxyl groups excluding tert-OH is 2. The Kier molecular flexibility index (Phi) is 5.59. The third kappa shape index (κ3) is 4.11. The van der Waals surface area contributed by atoms with E-state index in [0.29, 0.717) is 6.29 Å². The highest BCUT2D eigenvalue weighted by Crippen LogP contribution is 2.21. The van der Waals surface area contributed by atoms with Gasteiger partial charge in [-0.2, -0.15) is 0 Å². The molecule has 0 amide bonds. The van der Waals surface area contributed by atoms with Crippen LogP contribution in [0.15, 0.2) is 18.2 Å². The standard InChI is InChI=1S/C13H15FO5/c1-2-19-12(17)6-11(16)13(18)8-3-4-10(14)9(5-8)7-15/h3-5,7,11,13,16,18H,2,6H2,1H3. The molecule has 0 saturated heterocycles. The van der Waals surface area contributed by atoms with E-state index < -0.39 is 24.0 Å². The molecule has 104 valence electrons. The van der Waals surface area contributed by atoms with Crippen LogP contribution in [0.1, 0.15) is 35.4 Å². The summed E-state index contributed by atoms with van der Waals surface area (Å²) < 4.78 is 17.7. The highest BCUT2D eigenvalue weighted by molar-refractivity contribution is 5.75. The number of hydrogen-bond acceptors (Lipinski definition) is 5. The predicted octanol–water partition coefficient (Wildman–Crippen LogP) is 0.986. The topological polar surface area (TPSA) is 83.8 Å². The van der Waals surface area contributed by atoms with Crippen molar-refractivity contribution in [2.45, 2.75) is 25.6 Å². The summed E-state index contributed by atoms with van der Waals surface area (Å²) >= 11 is 0. The van der Waals surface area contributed by atoms with Crippen molar-refractivity contribution in [1.82, 2.24) is 0 Å². The van der Waals surface area contributed by atoms with Gasteiger partial charge in [0.15, 0.2) is 6.29 Å². The second-order valence-electron chi connectivity index (χ2n) is 3.92. The van der Waals surface area contributed by atoms with Gasteiger partial charge in [0.05, 0.1) is 24.7 Å². The lowest BCUT2D eigenvalue weighted by atomic mass is 10.00. The van der Waals surface area contributed by atoms with Crippen molar-refractivity contribution in [2.24, 2.45) is 0 Å². The predicted molar refractivity (Wildman–Crippen MR) is 64.0 cm³/mol. The van der Waals surface area contributed by atoms with Crippen molar-refractivity contribution in [3.05, 3.63) is 35.1 Å². The monoisotopic (exact) mass is 270 g/mol. The molecule has 0 aliphatic rings. The maximum absolute atomic E-state index is 13.1. The number of ether oxygens (including phenoxy) is 1. The smallest absolute Gasteiger partial charge is 0.308 e. The maximum atomic E-state index is 13.1. The third-order valence-electron chi connectivity index (χ3n) is 2.53. The molecule has 0 aliphatic heterocycles. The first-order valence-corrected chi connectivity index (χ1v) is 5.76. The Hall–Kier alpha value is -1.79. The fraction of sp³-hybridized carbons (Fsp3) is 0.385. The van der Waals surface area contributed by atoms with Crippen LogP contribution in [-0.4, -0.2) is 35.2 Å². The Morgan fingerprint density at radius 2 is 2.16 bits per heavy atom. The minimum atomic E-state index is -1.40. The van der Waals surface area contributed by atoms with Crippen LogP contribution >= 0.6 is 0 Å². The van der Waals surface area contributed by atoms with E-state index >= 15 is 0 Å². The largest absolute Gasteiger partial charge is 0.466 e. The van der Waals surface area contributed by atoms with Gasteiger partial charge in [-0.3, -0.25) is 9.59 Å². The number of aliphatic hydroxyl groups is 2. The van der Waals surface area contributed by atoms with Crippen molar-refractivity contribution in [3.63, 3.8) is 0 Å². The molecule has 5 nitrogen and oxygen atoms in total. The summed E-state index contributed by atoms with van der Waals surface area (Å²) in [5, 5.41) is 19.5. The van der Waals surface area contributed by atoms with E-state index in [1.165, 1.54) is 6.07 Å². The van der Waals surface area contributed by atoms with Crippen molar-refractivity contribution < 1.29 is 28.9 Å². The molecule has 0 heterocycles. The molecular weight excluding hydrogens is 255 g/mol. The lowest BCUT2D eigenvalue weighted by Crippen LogP contribution is -2.23. The fourth-order valence-electron chi connectivity index (χ4n) is 1.56. The normalized spacial score (nSPS) is 13.7. The summed E-state index contributed by atoms with van der Waals surface area (Å²) in [6.07, 6.45) is -2.86. The van der Waals surface area contributed by atoms with Gasteiger partial charge in [0.1, 0.15) is 11.9 Å². The van der Waals surface area contributed by atoms with Crippen molar-refractivity contribution in [2.75, 3.05) is 6.61 Å². The van der Waals surface area contributed by atoms with E-state index in [1.54, 1.807) is 6.92 Å². The summed E-state index contributed by atoms with van der Waals surface area (Å²) in [4.78, 5) is 21.7. The minimum absolute atomic E-state index is 0.153. The molecule has 1 aromatic carbocycles. The van der Waals surface area contributed by atoms with Crippen LogP contribution in [0.4, 0.5) is 4.39 Å². The Balaban J connectivity index is 2.79. The van der Waals surface area contributed by atoms with E-state index in [1.807, 2.05) is 0 Å². The summed E-state index contributed by atoms with van der Waals surface area (Å²) in [7, 11) is 0. The maximum Gasteiger partial charge on any atom is 0.308 e. The third-order valence-corrected chi connectivity index (χ3v) is 2.53. The zero-order chi connectivity index (χ0) is 14.4. The highest BCUT2D eigenvalue weighted by atomic mass is 19.1. The molecular formula is C13H15FO5. The molecule has 2 atom stereocenters. The number of rotatable bonds is 6. The number of halogens is 1. The quantitative estimate of drug-likeness (QED) is 0.595. The molecule has 6 heteroatoms. The fourth-order valence-corrected chi connectivity index (χ4v) is 1.56. The van der Waals surface area contributed by atoms with Crippen LogP contribution in [0.2, 0.25) is 0 Å². The zero-order valence-corrected chi connectivity index (χ0v) is 10.4. The lowest BCUT2D eigenvalue weighted by Gasteiger charge is -2.17. The highest BCUT2D eigenvalue weighted by Gasteiger charge is 2.22. The molecule has 2 N–H and O–H groups in total. The van der Waals surface area contributed by atoms with Gasteiger partial charge in [-0.15, -0.1) is 0 Å². The molecule has 0 spiro atoms. The van der Waals surface area contributed by atoms with Gasteiger partial charge < -0.3 is 14.9 Å². The number of carbonyl (C=O) groups is 2. The van der Waals surface area contributed by atoms with Gasteiger partial charge in [0.2, 0.25) is 0 Å². The van der Waals surface area contributed by atoms with Crippen LogP contribution in [0, 0.1) is 5.82 Å². The lowest BCUT2D eigenvalue weighted by molar-refractivity contribution is -0.147. The minimum Gasteiger partial charge on any atom is -0.466 e. The van der Waals surface area contributed by atoms with E-state index in [4.69, 9.17) is 0 Å². The second-order valence-corrected chi connectivity index (χ2v) is 3.92. The van der Waals surface area contributed by atoms with Crippen molar-refractivity contribution in [1.29, 1.82) is 0 Å². The van der Waals surface area contributed by atoms with Crippen LogP contribution in [0.25, 0.3) is 0 Å². The average molecular weight is 270 g/mol. The Bertz CT molecular complexity index is 460. The van der Waals surface area contributed by atoms with E-state index in [2.05, 4.69) is 4.74 Å². The Labute approximate surface area is 109 Å². The van der Waals surface area contributed by atoms with Gasteiger partial charge >= 0.3 is 5.97 Å². The summed E-state index contributed by atoms with van der Waals surface area (Å²) in [6, 6.07) is 3.38. The van der Waals surface area contributed by atoms with Gasteiger partial charge in [0.25, 0.3) is 0 Å². The van der Waals surface area contributed by atoms with E-state index in [0.717, 1.165) is 12.1 Å². The Morgan fingerprint density at radius 3 is 2.74 bits per heavy atom. The van der Waals surface area contributed by atoms with Gasteiger partial charge in [-0.05, 0) is 24.6 Å². The average Bonchev–Trinajstić information content (AvgIpc) is 2.38. The summed E-state index contributed by atoms with van der Waals surface area (Å²) in [5.74, 6) is -1.36. The number of carbonyl (C=O) groups excluding carboxylic acids is 2. The molecule has 0 aromatic heterocycles. The van der Waals surface area contributed by atoms with Crippen LogP contribution in [0.5, 0.6) is 0 Å². The second kappa shape index (κ2) is 6.96. The first kappa shape index (κ1) is 15.3. The molecule has 19 heavy (non-hydrogen) atoms. The molecule has 0 saturated carbocycles. The SMILES string of the molecule is CCOC(=O)CC(O)C(O)c1ccc(F)c(C=O)c1. The van der Waals surface area contributed by atoms with Crippen molar-refractivity contribution in [3.8, 4) is 0 Å². The first-order valence-electron chi connectivity index (χ1n) is 5.76. The number of hydrogen-bond donors (Lipinski definition) is 2. The molecule has 1 aromatic rings. The van der Waals surface area contributed by atoms with Crippen LogP contribution in [-0.2, 0) is 9.53 Å². The van der Waals surface area contributed by atoms with Crippen LogP contribution in [0.3, 0.4) is 0 Å². The number of benzene rings is 1. The number of aldehydes is 1. The van der Waals surface area contributed by atoms with E-state index in [-0.39, 0.29) is 24.2 Å². The molecule has 0 radical (unpaired) electrons. The summed E-state index contributed by atoms with van der Waals surface area (Å²) in [5.41, 5.74) is -0.0693. The molecule has 0 fully saturated rings. The molecule has 0 aliphatic carbocycles. The van der Waals surface area contributed by atoms with Gasteiger partial charge in [0, 0.05) is 0 Å². The first-order chi connectivity index (χ1) is 8.99. The van der Waals surface area contributed by atoms with Gasteiger partial charge in [-0.25, -0.2) is 4.39 Å². The van der Waals surface area contributed by atoms with Crippen molar-refractivity contribution >= 4 is 12.3 Å².